The average molecular weight is 444 g/mol. The van der Waals surface area contributed by atoms with Crippen LogP contribution < -0.4 is 5.32 Å². The van der Waals surface area contributed by atoms with Crippen LogP contribution in [0.4, 0.5) is 0 Å². The molecule has 2 aromatic rings. The first-order valence-electron chi connectivity index (χ1n) is 12.1. The summed E-state index contributed by atoms with van der Waals surface area (Å²) in [7, 11) is 0. The van der Waals surface area contributed by atoms with E-state index in [0.717, 1.165) is 73.2 Å². The average Bonchev–Trinajstić information content (AvgIpc) is 3.32. The molecular formula is C25H37N3O2S. The summed E-state index contributed by atoms with van der Waals surface area (Å²) in [5, 5.41) is 5.40. The molecular weight excluding hydrogens is 406 g/mol. The normalized spacial score (nSPS) is 27.4. The van der Waals surface area contributed by atoms with Gasteiger partial charge in [0.05, 0.1) is 16.8 Å². The van der Waals surface area contributed by atoms with Gasteiger partial charge in [0.15, 0.2) is 0 Å². The third-order valence-corrected chi connectivity index (χ3v) is 8.32. The van der Waals surface area contributed by atoms with Crippen LogP contribution >= 0.6 is 11.3 Å². The van der Waals surface area contributed by atoms with Crippen molar-refractivity contribution in [1.82, 2.24) is 14.8 Å². The van der Waals surface area contributed by atoms with Crippen LogP contribution in [-0.2, 0) is 11.3 Å². The van der Waals surface area contributed by atoms with E-state index < -0.39 is 5.54 Å². The zero-order valence-corrected chi connectivity index (χ0v) is 20.3. The van der Waals surface area contributed by atoms with Crippen molar-refractivity contribution in [2.24, 2.45) is 5.92 Å². The molecule has 2 aliphatic rings. The Hall–Kier alpha value is -1.82. The monoisotopic (exact) mass is 443 g/mol. The van der Waals surface area contributed by atoms with Crippen LogP contribution in [0.3, 0.4) is 0 Å². The lowest BCUT2D eigenvalue weighted by Crippen LogP contribution is -2.67. The molecule has 4 rings (SSSR count). The molecule has 2 atom stereocenters. The van der Waals surface area contributed by atoms with E-state index in [1.165, 1.54) is 0 Å². The number of carbonyl (C=O) groups is 2. The minimum Gasteiger partial charge on any atom is -0.351 e. The number of hydrogen-bond donors (Lipinski definition) is 1. The van der Waals surface area contributed by atoms with E-state index in [2.05, 4.69) is 42.1 Å². The van der Waals surface area contributed by atoms with E-state index in [-0.39, 0.29) is 23.9 Å². The Kier molecular flexibility index (Phi) is 6.47. The highest BCUT2D eigenvalue weighted by atomic mass is 32.1. The Labute approximate surface area is 190 Å². The van der Waals surface area contributed by atoms with Gasteiger partial charge in [-0.25, -0.2) is 0 Å². The van der Waals surface area contributed by atoms with Crippen molar-refractivity contribution in [1.29, 1.82) is 0 Å². The molecule has 1 aliphatic heterocycles. The molecule has 1 saturated carbocycles. The number of amides is 2. The van der Waals surface area contributed by atoms with Crippen molar-refractivity contribution in [3.8, 4) is 0 Å². The Morgan fingerprint density at radius 1 is 1.29 bits per heavy atom. The topological polar surface area (TPSA) is 54.3 Å². The number of fused-ring (bicyclic) bond motifs is 3. The van der Waals surface area contributed by atoms with Crippen molar-refractivity contribution < 1.29 is 9.59 Å². The molecule has 1 aliphatic carbocycles. The van der Waals surface area contributed by atoms with Gasteiger partial charge in [-0.15, -0.1) is 11.3 Å². The van der Waals surface area contributed by atoms with E-state index in [1.807, 2.05) is 17.9 Å². The van der Waals surface area contributed by atoms with E-state index >= 15 is 0 Å². The lowest BCUT2D eigenvalue weighted by molar-refractivity contribution is -0.135. The minimum atomic E-state index is -0.882. The molecule has 3 heterocycles. The second kappa shape index (κ2) is 8.97. The standard InChI is InChI=1S/C25H37N3O2S/c1-5-6-7-8-18(3)28-23(29)21-15-22-20(13-14-31-22)27(21)16-25(28,4)24(30)26-19-11-9-17(2)10-12-19/h13-15,17-19H,5-12,16H2,1-4H3,(H,26,30). The molecule has 2 unspecified atom stereocenters. The lowest BCUT2D eigenvalue weighted by Gasteiger charge is -2.47. The van der Waals surface area contributed by atoms with E-state index in [4.69, 9.17) is 0 Å². The molecule has 2 amide bonds. The first kappa shape index (κ1) is 22.4. The molecule has 170 valence electrons. The van der Waals surface area contributed by atoms with Crippen LogP contribution in [0.15, 0.2) is 17.5 Å². The number of thiophene rings is 1. The number of aromatic nitrogens is 1. The summed E-state index contributed by atoms with van der Waals surface area (Å²) in [4.78, 5) is 29.4. The molecule has 31 heavy (non-hydrogen) atoms. The molecule has 5 nitrogen and oxygen atoms in total. The largest absolute Gasteiger partial charge is 0.351 e. The predicted octanol–water partition coefficient (Wildman–Crippen LogP) is 5.58. The van der Waals surface area contributed by atoms with Gasteiger partial charge in [-0.05, 0) is 69.4 Å². The Balaban J connectivity index is 1.64. The van der Waals surface area contributed by atoms with Crippen LogP contribution in [0.2, 0.25) is 0 Å². The van der Waals surface area contributed by atoms with Gasteiger partial charge in [-0.3, -0.25) is 9.59 Å². The quantitative estimate of drug-likeness (QED) is 0.568. The van der Waals surface area contributed by atoms with Gasteiger partial charge in [0.1, 0.15) is 11.2 Å². The maximum absolute atomic E-state index is 13.8. The molecule has 6 heteroatoms. The van der Waals surface area contributed by atoms with E-state index in [1.54, 1.807) is 11.3 Å². The summed E-state index contributed by atoms with van der Waals surface area (Å²) in [5.74, 6) is 0.739. The summed E-state index contributed by atoms with van der Waals surface area (Å²) in [6, 6.07) is 4.33. The van der Waals surface area contributed by atoms with Crippen molar-refractivity contribution in [2.45, 2.75) is 103 Å². The maximum atomic E-state index is 13.8. The Morgan fingerprint density at radius 2 is 2.03 bits per heavy atom. The third-order valence-electron chi connectivity index (χ3n) is 7.46. The smallest absolute Gasteiger partial charge is 0.271 e. The van der Waals surface area contributed by atoms with Gasteiger partial charge >= 0.3 is 0 Å². The molecule has 2 aromatic heterocycles. The van der Waals surface area contributed by atoms with Gasteiger partial charge in [-0.2, -0.15) is 0 Å². The second-order valence-electron chi connectivity index (χ2n) is 10.0. The number of nitrogens with one attached hydrogen (secondary N) is 1. The van der Waals surface area contributed by atoms with Crippen LogP contribution in [0, 0.1) is 5.92 Å². The Morgan fingerprint density at radius 3 is 2.74 bits per heavy atom. The highest BCUT2D eigenvalue weighted by Gasteiger charge is 2.49. The first-order chi connectivity index (χ1) is 14.8. The van der Waals surface area contributed by atoms with Gasteiger partial charge < -0.3 is 14.8 Å². The zero-order valence-electron chi connectivity index (χ0n) is 19.4. The fourth-order valence-electron chi connectivity index (χ4n) is 5.49. The number of nitrogens with zero attached hydrogens (tertiary/aromatic N) is 2. The maximum Gasteiger partial charge on any atom is 0.271 e. The van der Waals surface area contributed by atoms with Crippen molar-refractivity contribution in [3.05, 3.63) is 23.2 Å². The number of carbonyl (C=O) groups excluding carboxylic acids is 2. The lowest BCUT2D eigenvalue weighted by atomic mass is 9.86. The van der Waals surface area contributed by atoms with Crippen LogP contribution in [0.25, 0.3) is 10.2 Å². The minimum absolute atomic E-state index is 0.00507. The molecule has 0 spiro atoms. The van der Waals surface area contributed by atoms with Gasteiger partial charge in [0.25, 0.3) is 5.91 Å². The summed E-state index contributed by atoms with van der Waals surface area (Å²) < 4.78 is 3.19. The van der Waals surface area contributed by atoms with Crippen molar-refractivity contribution in [3.63, 3.8) is 0 Å². The number of rotatable bonds is 7. The van der Waals surface area contributed by atoms with Gasteiger partial charge in [0, 0.05) is 12.1 Å². The van der Waals surface area contributed by atoms with E-state index in [9.17, 15) is 9.59 Å². The highest BCUT2D eigenvalue weighted by molar-refractivity contribution is 7.17. The SMILES string of the molecule is CCCCCC(C)N1C(=O)c2cc3sccc3n2CC1(C)C(=O)NC1CCC(C)CC1. The summed E-state index contributed by atoms with van der Waals surface area (Å²) >= 11 is 1.65. The van der Waals surface area contributed by atoms with Crippen molar-refractivity contribution in [2.75, 3.05) is 0 Å². The molecule has 0 aromatic carbocycles. The van der Waals surface area contributed by atoms with Gasteiger partial charge in [0.2, 0.25) is 5.91 Å². The highest BCUT2D eigenvalue weighted by Crippen LogP contribution is 2.36. The molecule has 0 bridgehead atoms. The van der Waals surface area contributed by atoms with Crippen molar-refractivity contribution >= 4 is 33.4 Å². The summed E-state index contributed by atoms with van der Waals surface area (Å²) in [5.41, 5.74) is 0.908. The summed E-state index contributed by atoms with van der Waals surface area (Å²) in [6.07, 6.45) is 8.70. The Bertz CT molecular complexity index is 940. The number of hydrogen-bond acceptors (Lipinski definition) is 3. The molecule has 0 radical (unpaired) electrons. The zero-order chi connectivity index (χ0) is 22.2. The van der Waals surface area contributed by atoms with Gasteiger partial charge in [-0.1, -0.05) is 33.1 Å². The van der Waals surface area contributed by atoms with Crippen LogP contribution in [0.1, 0.15) is 89.5 Å². The fourth-order valence-corrected chi connectivity index (χ4v) is 6.31. The first-order valence-corrected chi connectivity index (χ1v) is 12.9. The summed E-state index contributed by atoms with van der Waals surface area (Å²) in [6.45, 7) is 9.09. The van der Waals surface area contributed by atoms with E-state index in [0.29, 0.717) is 6.54 Å². The fraction of sp³-hybridized carbons (Fsp3) is 0.680. The second-order valence-corrected chi connectivity index (χ2v) is 11.0. The third kappa shape index (κ3) is 4.15. The van der Waals surface area contributed by atoms with Crippen LogP contribution in [-0.4, -0.2) is 38.9 Å². The van der Waals surface area contributed by atoms with Crippen LogP contribution in [0.5, 0.6) is 0 Å². The number of unbranched alkanes of at least 4 members (excludes halogenated alkanes) is 2. The molecule has 1 N–H and O–H groups in total. The predicted molar refractivity (Wildman–Crippen MR) is 128 cm³/mol. The molecule has 1 fully saturated rings. The molecule has 0 saturated heterocycles.